The van der Waals surface area contributed by atoms with Gasteiger partial charge in [-0.05, 0) is 5.92 Å². The van der Waals surface area contributed by atoms with Gasteiger partial charge >= 0.3 is 5.97 Å². The van der Waals surface area contributed by atoms with Gasteiger partial charge < -0.3 is 4.74 Å². The number of hydrogen-bond acceptors (Lipinski definition) is 3. The number of esters is 1. The minimum Gasteiger partial charge on any atom is -0.465 e. The minimum absolute atomic E-state index is 0.142. The molecule has 1 unspecified atom stereocenters. The van der Waals surface area contributed by atoms with Crippen molar-refractivity contribution < 1.29 is 9.53 Å². The van der Waals surface area contributed by atoms with Gasteiger partial charge in [0.15, 0.2) is 0 Å². The maximum absolute atomic E-state index is 10.6. The Labute approximate surface area is 67.0 Å². The molecule has 1 atom stereocenters. The van der Waals surface area contributed by atoms with E-state index in [2.05, 4.69) is 0 Å². The predicted octanol–water partition coefficient (Wildman–Crippen LogP) is 1.49. The number of hydrogen-bond donors (Lipinski definition) is 0. The molecule has 0 aromatic carbocycles. The topological polar surface area (TPSA) is 50.1 Å². The fourth-order valence-electron chi connectivity index (χ4n) is 0.469. The summed E-state index contributed by atoms with van der Waals surface area (Å²) in [4.78, 5) is 10.6. The van der Waals surface area contributed by atoms with Crippen molar-refractivity contribution in [2.75, 3.05) is 6.61 Å². The van der Waals surface area contributed by atoms with Gasteiger partial charge in [0.2, 0.25) is 0 Å². The smallest absolute Gasteiger partial charge is 0.320 e. The molecule has 0 saturated carbocycles. The van der Waals surface area contributed by atoms with Crippen LogP contribution in [0.5, 0.6) is 0 Å². The highest BCUT2D eigenvalue weighted by Gasteiger charge is 2.04. The first kappa shape index (κ1) is 9.96. The van der Waals surface area contributed by atoms with Crippen LogP contribution in [0.1, 0.15) is 26.7 Å². The molecule has 0 aliphatic heterocycles. The van der Waals surface area contributed by atoms with Gasteiger partial charge in [0.05, 0.1) is 12.7 Å². The Morgan fingerprint density at radius 1 is 1.73 bits per heavy atom. The van der Waals surface area contributed by atoms with Crippen molar-refractivity contribution in [3.8, 4) is 6.07 Å². The van der Waals surface area contributed by atoms with Crippen molar-refractivity contribution >= 4 is 5.97 Å². The highest BCUT2D eigenvalue weighted by Crippen LogP contribution is 2.00. The van der Waals surface area contributed by atoms with E-state index in [0.717, 1.165) is 6.42 Å². The molecule has 0 spiro atoms. The summed E-state index contributed by atoms with van der Waals surface area (Å²) in [5, 5.41) is 8.11. The molecule has 0 saturated heterocycles. The Balaban J connectivity index is 3.39. The Morgan fingerprint density at radius 2 is 2.36 bits per heavy atom. The Kier molecular flexibility index (Phi) is 5.18. The van der Waals surface area contributed by atoms with E-state index < -0.39 is 5.97 Å². The summed E-state index contributed by atoms with van der Waals surface area (Å²) in [6, 6.07) is 1.73. The standard InChI is InChI=1S/C8H13NO2/c1-3-7(2)6-11-8(10)4-5-9/h7H,3-4,6H2,1-2H3. The van der Waals surface area contributed by atoms with Crippen LogP contribution in [0.2, 0.25) is 0 Å². The molecule has 0 aromatic heterocycles. The second kappa shape index (κ2) is 5.72. The van der Waals surface area contributed by atoms with E-state index in [4.69, 9.17) is 10.00 Å². The number of rotatable bonds is 4. The van der Waals surface area contributed by atoms with Crippen LogP contribution >= 0.6 is 0 Å². The van der Waals surface area contributed by atoms with E-state index in [1.807, 2.05) is 13.8 Å². The van der Waals surface area contributed by atoms with Crippen LogP contribution < -0.4 is 0 Å². The SMILES string of the molecule is CCC(C)COC(=O)CC#N. The van der Waals surface area contributed by atoms with E-state index in [9.17, 15) is 4.79 Å². The van der Waals surface area contributed by atoms with Crippen LogP contribution in [0.15, 0.2) is 0 Å². The number of nitriles is 1. The fraction of sp³-hybridized carbons (Fsp3) is 0.750. The molecular weight excluding hydrogens is 142 g/mol. The van der Waals surface area contributed by atoms with Gasteiger partial charge in [-0.25, -0.2) is 0 Å². The first-order chi connectivity index (χ1) is 5.20. The molecule has 0 fully saturated rings. The summed E-state index contributed by atoms with van der Waals surface area (Å²) in [7, 11) is 0. The molecule has 0 bridgehead atoms. The zero-order valence-electron chi connectivity index (χ0n) is 6.96. The Hall–Kier alpha value is -1.04. The second-order valence-electron chi connectivity index (χ2n) is 2.53. The molecule has 0 heterocycles. The normalized spacial score (nSPS) is 11.7. The molecule has 0 aliphatic rings. The molecule has 0 radical (unpaired) electrons. The van der Waals surface area contributed by atoms with Gasteiger partial charge in [0.1, 0.15) is 6.42 Å². The summed E-state index contributed by atoms with van der Waals surface area (Å²) in [6.07, 6.45) is 0.844. The highest BCUT2D eigenvalue weighted by molar-refractivity contribution is 5.71. The number of ether oxygens (including phenoxy) is 1. The number of carbonyl (C=O) groups excluding carboxylic acids is 1. The van der Waals surface area contributed by atoms with Crippen molar-refractivity contribution in [1.82, 2.24) is 0 Å². The van der Waals surface area contributed by atoms with Gasteiger partial charge in [-0.15, -0.1) is 0 Å². The minimum atomic E-state index is -0.423. The summed E-state index contributed by atoms with van der Waals surface area (Å²) < 4.78 is 4.77. The van der Waals surface area contributed by atoms with Crippen LogP contribution in [0.25, 0.3) is 0 Å². The third-order valence-corrected chi connectivity index (χ3v) is 1.45. The van der Waals surface area contributed by atoms with Crippen molar-refractivity contribution in [1.29, 1.82) is 5.26 Å². The molecule has 11 heavy (non-hydrogen) atoms. The van der Waals surface area contributed by atoms with Crippen molar-refractivity contribution in [3.63, 3.8) is 0 Å². The zero-order chi connectivity index (χ0) is 8.69. The lowest BCUT2D eigenvalue weighted by atomic mass is 10.1. The average Bonchev–Trinajstić information content (AvgIpc) is 2.01. The van der Waals surface area contributed by atoms with Crippen LogP contribution in [0, 0.1) is 17.2 Å². The molecule has 0 aliphatic carbocycles. The van der Waals surface area contributed by atoms with Gasteiger partial charge in [-0.2, -0.15) is 5.26 Å². The molecule has 0 amide bonds. The molecule has 0 N–H and O–H groups in total. The third kappa shape index (κ3) is 5.41. The number of nitrogens with zero attached hydrogens (tertiary/aromatic N) is 1. The lowest BCUT2D eigenvalue weighted by Crippen LogP contribution is -2.10. The summed E-state index contributed by atoms with van der Waals surface area (Å²) in [5.41, 5.74) is 0. The second-order valence-corrected chi connectivity index (χ2v) is 2.53. The predicted molar refractivity (Wildman–Crippen MR) is 40.6 cm³/mol. The molecule has 3 heteroatoms. The van der Waals surface area contributed by atoms with E-state index in [-0.39, 0.29) is 6.42 Å². The lowest BCUT2D eigenvalue weighted by Gasteiger charge is -2.07. The molecule has 3 nitrogen and oxygen atoms in total. The summed E-state index contributed by atoms with van der Waals surface area (Å²) in [5.74, 6) is -0.0366. The molecule has 62 valence electrons. The van der Waals surface area contributed by atoms with Crippen molar-refractivity contribution in [2.24, 2.45) is 5.92 Å². The molecular formula is C8H13NO2. The van der Waals surface area contributed by atoms with Gasteiger partial charge in [-0.1, -0.05) is 20.3 Å². The van der Waals surface area contributed by atoms with E-state index in [1.54, 1.807) is 6.07 Å². The van der Waals surface area contributed by atoms with E-state index >= 15 is 0 Å². The van der Waals surface area contributed by atoms with Crippen molar-refractivity contribution in [3.05, 3.63) is 0 Å². The zero-order valence-corrected chi connectivity index (χ0v) is 6.96. The maximum Gasteiger partial charge on any atom is 0.320 e. The quantitative estimate of drug-likeness (QED) is 0.578. The van der Waals surface area contributed by atoms with Crippen molar-refractivity contribution in [2.45, 2.75) is 26.7 Å². The van der Waals surface area contributed by atoms with Gasteiger partial charge in [0, 0.05) is 0 Å². The molecule has 0 aromatic rings. The van der Waals surface area contributed by atoms with Crippen LogP contribution in [-0.4, -0.2) is 12.6 Å². The van der Waals surface area contributed by atoms with E-state index in [1.165, 1.54) is 0 Å². The lowest BCUT2D eigenvalue weighted by molar-refractivity contribution is -0.143. The van der Waals surface area contributed by atoms with Crippen LogP contribution in [-0.2, 0) is 9.53 Å². The number of carbonyl (C=O) groups is 1. The Morgan fingerprint density at radius 3 is 2.82 bits per heavy atom. The summed E-state index contributed by atoms with van der Waals surface area (Å²) in [6.45, 7) is 4.46. The first-order valence-electron chi connectivity index (χ1n) is 3.73. The first-order valence-corrected chi connectivity index (χ1v) is 3.73. The van der Waals surface area contributed by atoms with Crippen LogP contribution in [0.3, 0.4) is 0 Å². The molecule has 0 rings (SSSR count). The largest absolute Gasteiger partial charge is 0.465 e. The third-order valence-electron chi connectivity index (χ3n) is 1.45. The summed E-state index contributed by atoms with van der Waals surface area (Å²) >= 11 is 0. The fourth-order valence-corrected chi connectivity index (χ4v) is 0.469. The highest BCUT2D eigenvalue weighted by atomic mass is 16.5. The average molecular weight is 155 g/mol. The maximum atomic E-state index is 10.6. The Bertz CT molecular complexity index is 160. The monoisotopic (exact) mass is 155 g/mol. The van der Waals surface area contributed by atoms with Gasteiger partial charge in [0.25, 0.3) is 0 Å². The van der Waals surface area contributed by atoms with E-state index in [0.29, 0.717) is 12.5 Å². The van der Waals surface area contributed by atoms with Crippen LogP contribution in [0.4, 0.5) is 0 Å². The van der Waals surface area contributed by atoms with Gasteiger partial charge in [-0.3, -0.25) is 4.79 Å².